The maximum absolute atomic E-state index is 12.2. The van der Waals surface area contributed by atoms with Crippen LogP contribution in [0.3, 0.4) is 0 Å². The zero-order chi connectivity index (χ0) is 16.1. The second-order valence-corrected chi connectivity index (χ2v) is 4.64. The van der Waals surface area contributed by atoms with Gasteiger partial charge in [0.15, 0.2) is 0 Å². The maximum Gasteiger partial charge on any atom is 0.276 e. The van der Waals surface area contributed by atoms with E-state index in [4.69, 9.17) is 5.73 Å². The minimum absolute atomic E-state index is 0.0901. The summed E-state index contributed by atoms with van der Waals surface area (Å²) < 4.78 is 1.23. The predicted octanol–water partition coefficient (Wildman–Crippen LogP) is 1.00. The highest BCUT2D eigenvalue weighted by molar-refractivity contribution is 6.07. The molecule has 22 heavy (non-hydrogen) atoms. The van der Waals surface area contributed by atoms with Crippen molar-refractivity contribution in [3.05, 3.63) is 58.0 Å². The molecule has 1 aromatic heterocycles. The van der Waals surface area contributed by atoms with Gasteiger partial charge in [0.05, 0.1) is 11.3 Å². The van der Waals surface area contributed by atoms with Crippen molar-refractivity contribution in [3.63, 3.8) is 0 Å². The number of hydrogen-bond donors (Lipinski definition) is 2. The van der Waals surface area contributed by atoms with Gasteiger partial charge < -0.3 is 11.1 Å². The Hall–Kier alpha value is -2.96. The number of hydrogen-bond acceptors (Lipinski definition) is 4. The van der Waals surface area contributed by atoms with Crippen LogP contribution >= 0.6 is 0 Å². The summed E-state index contributed by atoms with van der Waals surface area (Å²) in [5.41, 5.74) is 5.59. The molecule has 0 spiro atoms. The van der Waals surface area contributed by atoms with Crippen molar-refractivity contribution in [2.24, 2.45) is 5.73 Å². The van der Waals surface area contributed by atoms with E-state index >= 15 is 0 Å². The van der Waals surface area contributed by atoms with Gasteiger partial charge in [0, 0.05) is 12.6 Å². The van der Waals surface area contributed by atoms with Crippen LogP contribution in [0.5, 0.6) is 0 Å². The monoisotopic (exact) mass is 300 g/mol. The third kappa shape index (κ3) is 3.38. The van der Waals surface area contributed by atoms with Crippen LogP contribution in [0.25, 0.3) is 0 Å². The number of nitrogens with two attached hydrogens (primary N) is 1. The maximum atomic E-state index is 12.2. The highest BCUT2D eigenvalue weighted by Gasteiger charge is 2.13. The van der Waals surface area contributed by atoms with E-state index in [2.05, 4.69) is 10.4 Å². The van der Waals surface area contributed by atoms with Crippen LogP contribution in [0.1, 0.15) is 34.2 Å². The van der Waals surface area contributed by atoms with Crippen LogP contribution in [0.2, 0.25) is 0 Å². The smallest absolute Gasteiger partial charge is 0.276 e. The molecule has 0 saturated carbocycles. The molecule has 0 atom stereocenters. The van der Waals surface area contributed by atoms with E-state index in [9.17, 15) is 14.4 Å². The fourth-order valence-corrected chi connectivity index (χ4v) is 1.94. The summed E-state index contributed by atoms with van der Waals surface area (Å²) in [6, 6.07) is 9.04. The topological polar surface area (TPSA) is 107 Å². The second-order valence-electron chi connectivity index (χ2n) is 4.64. The normalized spacial score (nSPS) is 10.2. The lowest BCUT2D eigenvalue weighted by atomic mass is 10.1. The lowest BCUT2D eigenvalue weighted by Crippen LogP contribution is -2.26. The van der Waals surface area contributed by atoms with Gasteiger partial charge in [0.2, 0.25) is 0 Å². The first-order chi connectivity index (χ1) is 10.5. The molecule has 1 heterocycles. The molecule has 114 valence electrons. The van der Waals surface area contributed by atoms with Crippen molar-refractivity contribution in [2.45, 2.75) is 19.9 Å². The molecule has 3 N–H and O–H groups in total. The minimum Gasteiger partial charge on any atom is -0.366 e. The van der Waals surface area contributed by atoms with Crippen molar-refractivity contribution >= 4 is 17.5 Å². The van der Waals surface area contributed by atoms with Crippen molar-refractivity contribution < 1.29 is 9.59 Å². The average Bonchev–Trinajstić information content (AvgIpc) is 2.50. The molecule has 7 nitrogen and oxygen atoms in total. The molecule has 2 aromatic rings. The van der Waals surface area contributed by atoms with E-state index in [0.29, 0.717) is 12.2 Å². The van der Waals surface area contributed by atoms with Crippen LogP contribution in [0.15, 0.2) is 41.2 Å². The molecular weight excluding hydrogens is 284 g/mol. The van der Waals surface area contributed by atoms with Crippen molar-refractivity contribution in [1.29, 1.82) is 0 Å². The highest BCUT2D eigenvalue weighted by atomic mass is 16.2. The standard InChI is InChI=1S/C15H16N4O3/c1-2-9-19-13(20)8-7-12(18-19)15(22)17-11-6-4-3-5-10(11)14(16)21/h3-8H,2,9H2,1H3,(H2,16,21)(H,17,22). The number of para-hydroxylation sites is 1. The molecule has 7 heteroatoms. The number of anilines is 1. The Kier molecular flexibility index (Phi) is 4.67. The number of carbonyl (C=O) groups is 2. The molecule has 0 saturated heterocycles. The van der Waals surface area contributed by atoms with E-state index in [1.807, 2.05) is 6.92 Å². The zero-order valence-corrected chi connectivity index (χ0v) is 12.1. The van der Waals surface area contributed by atoms with Crippen LogP contribution in [0, 0.1) is 0 Å². The summed E-state index contributed by atoms with van der Waals surface area (Å²) in [6.45, 7) is 2.34. The molecule has 2 rings (SSSR count). The quantitative estimate of drug-likeness (QED) is 0.859. The first-order valence-electron chi connectivity index (χ1n) is 6.81. The van der Waals surface area contributed by atoms with Gasteiger partial charge in [-0.2, -0.15) is 5.10 Å². The number of rotatable bonds is 5. The summed E-state index contributed by atoms with van der Waals surface area (Å²) in [4.78, 5) is 35.1. The third-order valence-electron chi connectivity index (χ3n) is 2.98. The van der Waals surface area contributed by atoms with E-state index in [0.717, 1.165) is 6.42 Å². The van der Waals surface area contributed by atoms with Gasteiger partial charge in [-0.15, -0.1) is 0 Å². The molecule has 0 aliphatic carbocycles. The van der Waals surface area contributed by atoms with E-state index in [-0.39, 0.29) is 16.8 Å². The van der Waals surface area contributed by atoms with Gasteiger partial charge in [0.1, 0.15) is 5.69 Å². The predicted molar refractivity (Wildman–Crippen MR) is 81.7 cm³/mol. The third-order valence-corrected chi connectivity index (χ3v) is 2.98. The summed E-state index contributed by atoms with van der Waals surface area (Å²) in [5, 5.41) is 6.59. The number of primary amides is 1. The second kappa shape index (κ2) is 6.66. The largest absolute Gasteiger partial charge is 0.366 e. The lowest BCUT2D eigenvalue weighted by molar-refractivity contribution is 0.100. The fraction of sp³-hybridized carbons (Fsp3) is 0.200. The molecule has 0 unspecified atom stereocenters. The Morgan fingerprint density at radius 2 is 1.95 bits per heavy atom. The molecule has 0 fully saturated rings. The number of benzene rings is 1. The van der Waals surface area contributed by atoms with Gasteiger partial charge in [0.25, 0.3) is 17.4 Å². The number of amides is 2. The summed E-state index contributed by atoms with van der Waals surface area (Å²) >= 11 is 0. The van der Waals surface area contributed by atoms with E-state index in [1.54, 1.807) is 18.2 Å². The van der Waals surface area contributed by atoms with Gasteiger partial charge in [-0.05, 0) is 24.6 Å². The molecule has 0 radical (unpaired) electrons. The number of aromatic nitrogens is 2. The summed E-state index contributed by atoms with van der Waals surface area (Å²) in [6.07, 6.45) is 0.725. The number of carbonyl (C=O) groups excluding carboxylic acids is 2. The van der Waals surface area contributed by atoms with Gasteiger partial charge in [-0.3, -0.25) is 14.4 Å². The molecule has 2 amide bonds. The lowest BCUT2D eigenvalue weighted by Gasteiger charge is -2.09. The average molecular weight is 300 g/mol. The first kappa shape index (κ1) is 15.4. The van der Waals surface area contributed by atoms with E-state index < -0.39 is 11.8 Å². The summed E-state index contributed by atoms with van der Waals surface area (Å²) in [5.74, 6) is -1.15. The molecule has 0 aliphatic heterocycles. The van der Waals surface area contributed by atoms with Gasteiger partial charge in [-0.25, -0.2) is 4.68 Å². The van der Waals surface area contributed by atoms with E-state index in [1.165, 1.54) is 22.9 Å². The molecule has 0 bridgehead atoms. The highest BCUT2D eigenvalue weighted by Crippen LogP contribution is 2.14. The van der Waals surface area contributed by atoms with Crippen molar-refractivity contribution in [2.75, 3.05) is 5.32 Å². The van der Waals surface area contributed by atoms with Crippen molar-refractivity contribution in [3.8, 4) is 0 Å². The summed E-state index contributed by atoms with van der Waals surface area (Å²) in [7, 11) is 0. The number of aryl methyl sites for hydroxylation is 1. The Morgan fingerprint density at radius 1 is 1.23 bits per heavy atom. The Morgan fingerprint density at radius 3 is 2.64 bits per heavy atom. The van der Waals surface area contributed by atoms with Crippen LogP contribution in [-0.2, 0) is 6.54 Å². The molecular formula is C15H16N4O3. The fourth-order valence-electron chi connectivity index (χ4n) is 1.94. The van der Waals surface area contributed by atoms with Crippen LogP contribution < -0.4 is 16.6 Å². The minimum atomic E-state index is -0.639. The SMILES string of the molecule is CCCn1nc(C(=O)Nc2ccccc2C(N)=O)ccc1=O. The van der Waals surface area contributed by atoms with Crippen LogP contribution in [-0.4, -0.2) is 21.6 Å². The van der Waals surface area contributed by atoms with Gasteiger partial charge >= 0.3 is 0 Å². The first-order valence-corrected chi connectivity index (χ1v) is 6.81. The zero-order valence-electron chi connectivity index (χ0n) is 12.1. The molecule has 0 aliphatic rings. The Bertz CT molecular complexity index is 767. The van der Waals surface area contributed by atoms with Crippen molar-refractivity contribution in [1.82, 2.24) is 9.78 Å². The van der Waals surface area contributed by atoms with Gasteiger partial charge in [-0.1, -0.05) is 19.1 Å². The number of nitrogens with zero attached hydrogens (tertiary/aromatic N) is 2. The Balaban J connectivity index is 2.28. The van der Waals surface area contributed by atoms with Crippen LogP contribution in [0.4, 0.5) is 5.69 Å². The number of nitrogens with one attached hydrogen (secondary N) is 1. The Labute approximate surface area is 126 Å². The molecule has 1 aromatic carbocycles.